The number of nitrogens with zero attached hydrogens (tertiary/aromatic N) is 1. The van der Waals surface area contributed by atoms with Crippen LogP contribution in [0.4, 0.5) is 0 Å². The molecule has 0 aromatic rings. The van der Waals surface area contributed by atoms with Crippen LogP contribution in [0.3, 0.4) is 0 Å². The maximum atomic E-state index is 3.33. The van der Waals surface area contributed by atoms with Crippen molar-refractivity contribution >= 4 is 15.4 Å². The summed E-state index contributed by atoms with van der Waals surface area (Å²) in [6, 6.07) is 0. The molecule has 1 N–H and O–H groups in total. The van der Waals surface area contributed by atoms with E-state index in [9.17, 15) is 0 Å². The summed E-state index contributed by atoms with van der Waals surface area (Å²) in [7, 11) is 0. The third-order valence-corrected chi connectivity index (χ3v) is 3.18. The second kappa shape index (κ2) is 3.47. The predicted molar refractivity (Wildman–Crippen MR) is 37.5 cm³/mol. The van der Waals surface area contributed by atoms with Gasteiger partial charge in [0.15, 0.2) is 0 Å². The van der Waals surface area contributed by atoms with Gasteiger partial charge in [0.05, 0.1) is 0 Å². The highest BCUT2D eigenvalue weighted by atomic mass is 27.1. The van der Waals surface area contributed by atoms with Crippen LogP contribution in [0.25, 0.3) is 0 Å². The molecule has 1 fully saturated rings. The fourth-order valence-electron chi connectivity index (χ4n) is 1.03. The third kappa shape index (κ3) is 1.76. The molecule has 1 saturated heterocycles. The summed E-state index contributed by atoms with van der Waals surface area (Å²) in [6.45, 7) is 5.01. The molecule has 0 spiro atoms. The molecule has 1 aliphatic rings. The van der Waals surface area contributed by atoms with Gasteiger partial charge in [-0.05, 0) is 13.1 Å². The van der Waals surface area contributed by atoms with E-state index in [0.717, 1.165) is 0 Å². The number of piperazine rings is 1. The van der Waals surface area contributed by atoms with Crippen molar-refractivity contribution in [1.82, 2.24) is 9.20 Å². The number of rotatable bonds is 1. The van der Waals surface area contributed by atoms with Gasteiger partial charge in [0.1, 0.15) is 0 Å². The van der Waals surface area contributed by atoms with Crippen LogP contribution in [-0.4, -0.2) is 45.5 Å². The highest BCUT2D eigenvalue weighted by Gasteiger charge is 2.06. The number of hydrogen-bond donors (Lipinski definition) is 1. The van der Waals surface area contributed by atoms with Crippen LogP contribution < -0.4 is 5.32 Å². The van der Waals surface area contributed by atoms with E-state index in [1.807, 2.05) is 0 Å². The summed E-state index contributed by atoms with van der Waals surface area (Å²) >= 11 is 0.162. The minimum atomic E-state index is 0.162. The van der Waals surface area contributed by atoms with Crippen molar-refractivity contribution in [1.29, 1.82) is 0 Å². The average molecular weight is 128 g/mol. The molecule has 0 bridgehead atoms. The highest BCUT2D eigenvalue weighted by Crippen LogP contribution is 1.86. The van der Waals surface area contributed by atoms with Gasteiger partial charge in [-0.25, -0.2) is 0 Å². The summed E-state index contributed by atoms with van der Waals surface area (Å²) in [5.41, 5.74) is 0. The number of hydrogen-bond acceptors (Lipinski definition) is 2. The lowest BCUT2D eigenvalue weighted by Crippen LogP contribution is -2.44. The highest BCUT2D eigenvalue weighted by molar-refractivity contribution is 6.29. The topological polar surface area (TPSA) is 15.3 Å². The smallest absolute Gasteiger partial charge is 0.344 e. The fourth-order valence-corrected chi connectivity index (χ4v) is 1.98. The molecule has 2 nitrogen and oxygen atoms in total. The van der Waals surface area contributed by atoms with Crippen LogP contribution in [0.15, 0.2) is 0 Å². The molecule has 0 atom stereocenters. The number of nitrogens with one attached hydrogen (secondary N) is 1. The van der Waals surface area contributed by atoms with E-state index in [1.165, 1.54) is 26.2 Å². The first-order chi connectivity index (χ1) is 3.93. The Morgan fingerprint density at radius 1 is 1.38 bits per heavy atom. The maximum absolute atomic E-state index is 3.33. The van der Waals surface area contributed by atoms with E-state index in [0.29, 0.717) is 0 Å². The first-order valence-corrected chi connectivity index (χ1v) is 5.41. The van der Waals surface area contributed by atoms with Crippen molar-refractivity contribution < 1.29 is 0 Å². The molecule has 0 aromatic carbocycles. The van der Waals surface area contributed by atoms with Crippen LogP contribution in [0.5, 0.6) is 0 Å². The zero-order valence-electron chi connectivity index (χ0n) is 5.48. The minimum absolute atomic E-state index is 0.162. The van der Waals surface area contributed by atoms with Gasteiger partial charge in [0.2, 0.25) is 0 Å². The second-order valence-electron chi connectivity index (χ2n) is 2.18. The van der Waals surface area contributed by atoms with Crippen molar-refractivity contribution in [3.05, 3.63) is 0 Å². The normalized spacial score (nSPS) is 23.1. The van der Waals surface area contributed by atoms with Gasteiger partial charge < -0.3 is 9.20 Å². The van der Waals surface area contributed by atoms with E-state index in [4.69, 9.17) is 0 Å². The van der Waals surface area contributed by atoms with Gasteiger partial charge >= 0.3 is 15.4 Å². The largest absolute Gasteiger partial charge is 0.386 e. The molecule has 0 saturated carbocycles. The molecule has 0 radical (unpaired) electrons. The standard InChI is InChI=1S/C4H9N2.CH3.Al.H/c1-2-6-4-3-5-1;;;/h5H,1-4H2;1H3;;/q-1;;+1;. The van der Waals surface area contributed by atoms with Gasteiger partial charge in [0.25, 0.3) is 0 Å². The molecule has 46 valence electrons. The fraction of sp³-hybridized carbons (Fsp3) is 1.00. The summed E-state index contributed by atoms with van der Waals surface area (Å²) in [5.74, 6) is 2.35. The Kier molecular flexibility index (Phi) is 2.85. The predicted octanol–water partition coefficient (Wildman–Crippen LogP) is -0.709. The summed E-state index contributed by atoms with van der Waals surface area (Å²) in [6.07, 6.45) is 0. The van der Waals surface area contributed by atoms with Gasteiger partial charge in [-0.1, -0.05) is 5.79 Å². The van der Waals surface area contributed by atoms with Crippen molar-refractivity contribution in [2.75, 3.05) is 26.2 Å². The molecular formula is C5H13AlN2. The summed E-state index contributed by atoms with van der Waals surface area (Å²) < 4.78 is 2.59. The first-order valence-electron chi connectivity index (χ1n) is 3.36. The van der Waals surface area contributed by atoms with Gasteiger partial charge in [-0.3, -0.25) is 0 Å². The van der Waals surface area contributed by atoms with Crippen molar-refractivity contribution in [2.45, 2.75) is 5.79 Å². The second-order valence-corrected chi connectivity index (χ2v) is 3.71. The molecule has 0 aliphatic carbocycles. The van der Waals surface area contributed by atoms with Crippen LogP contribution in [0.1, 0.15) is 0 Å². The Morgan fingerprint density at radius 2 is 2.00 bits per heavy atom. The Balaban J connectivity index is 2.13. The van der Waals surface area contributed by atoms with Crippen LogP contribution in [0.2, 0.25) is 5.79 Å². The lowest BCUT2D eigenvalue weighted by molar-refractivity contribution is 0.377. The summed E-state index contributed by atoms with van der Waals surface area (Å²) in [4.78, 5) is 0. The Bertz CT molecular complexity index is 61.4. The molecule has 0 amide bonds. The van der Waals surface area contributed by atoms with E-state index >= 15 is 0 Å². The molecule has 1 aliphatic heterocycles. The Morgan fingerprint density at radius 3 is 2.38 bits per heavy atom. The monoisotopic (exact) mass is 128 g/mol. The molecule has 1 heterocycles. The van der Waals surface area contributed by atoms with Crippen LogP contribution in [0, 0.1) is 0 Å². The zero-order chi connectivity index (χ0) is 5.82. The van der Waals surface area contributed by atoms with Gasteiger partial charge in [-0.15, -0.1) is 0 Å². The Labute approximate surface area is 57.2 Å². The lowest BCUT2D eigenvalue weighted by Gasteiger charge is -2.25. The molecule has 3 heteroatoms. The lowest BCUT2D eigenvalue weighted by atomic mass is 10.4. The van der Waals surface area contributed by atoms with Crippen molar-refractivity contribution in [2.24, 2.45) is 0 Å². The first kappa shape index (κ1) is 6.57. The van der Waals surface area contributed by atoms with Crippen LogP contribution in [-0.2, 0) is 0 Å². The molecule has 1 rings (SSSR count). The quantitative estimate of drug-likeness (QED) is 0.469. The molecular weight excluding hydrogens is 115 g/mol. The van der Waals surface area contributed by atoms with E-state index in [1.54, 1.807) is 0 Å². The van der Waals surface area contributed by atoms with E-state index in [2.05, 4.69) is 15.0 Å². The molecule has 8 heavy (non-hydrogen) atoms. The molecule has 0 aromatic heterocycles. The molecule has 0 unspecified atom stereocenters. The van der Waals surface area contributed by atoms with E-state index < -0.39 is 0 Å². The zero-order valence-corrected chi connectivity index (χ0v) is 6.90. The minimum Gasteiger partial charge on any atom is -0.386 e. The average Bonchev–Trinajstić information content (AvgIpc) is 1.90. The third-order valence-electron chi connectivity index (χ3n) is 1.66. The SMILES string of the molecule is [CH3][AlH][N]1CCNCC1. The maximum Gasteiger partial charge on any atom is 0.344 e. The van der Waals surface area contributed by atoms with E-state index in [-0.39, 0.29) is 15.4 Å². The van der Waals surface area contributed by atoms with Crippen molar-refractivity contribution in [3.8, 4) is 0 Å². The van der Waals surface area contributed by atoms with Crippen LogP contribution >= 0.6 is 0 Å². The summed E-state index contributed by atoms with van der Waals surface area (Å²) in [5, 5.41) is 3.33. The van der Waals surface area contributed by atoms with Gasteiger partial charge in [-0.2, -0.15) is 0 Å². The van der Waals surface area contributed by atoms with Crippen molar-refractivity contribution in [3.63, 3.8) is 0 Å². The van der Waals surface area contributed by atoms with Gasteiger partial charge in [0, 0.05) is 13.1 Å². The Hall–Kier alpha value is 0.452.